The van der Waals surface area contributed by atoms with Crippen LogP contribution in [0.4, 0.5) is 4.39 Å². The highest BCUT2D eigenvalue weighted by molar-refractivity contribution is 7.10. The molecule has 0 bridgehead atoms. The molecule has 4 nitrogen and oxygen atoms in total. The lowest BCUT2D eigenvalue weighted by Crippen LogP contribution is -2.45. The summed E-state index contributed by atoms with van der Waals surface area (Å²) in [5.74, 6) is -0.937. The van der Waals surface area contributed by atoms with Crippen molar-refractivity contribution < 1.29 is 9.50 Å². The Balaban J connectivity index is 2.08. The number of phenols is 1. The van der Waals surface area contributed by atoms with Crippen LogP contribution < -0.4 is 5.32 Å². The van der Waals surface area contributed by atoms with Crippen LogP contribution in [0.3, 0.4) is 0 Å². The minimum atomic E-state index is -0.686. The van der Waals surface area contributed by atoms with E-state index in [1.165, 1.54) is 6.07 Å². The van der Waals surface area contributed by atoms with Crippen LogP contribution in [0.5, 0.6) is 5.75 Å². The second-order valence-corrected chi connectivity index (χ2v) is 6.16. The second-order valence-electron chi connectivity index (χ2n) is 5.18. The molecular formula is C16H16FN3OS. The van der Waals surface area contributed by atoms with Gasteiger partial charge in [0.2, 0.25) is 0 Å². The first-order chi connectivity index (χ1) is 10.7. The highest BCUT2D eigenvalue weighted by Gasteiger charge is 2.28. The predicted molar refractivity (Wildman–Crippen MR) is 83.4 cm³/mol. The van der Waals surface area contributed by atoms with Crippen LogP contribution in [0.15, 0.2) is 29.6 Å². The molecule has 0 amide bonds. The number of hydrogen-bond donors (Lipinski definition) is 2. The van der Waals surface area contributed by atoms with Crippen molar-refractivity contribution in [2.75, 3.05) is 26.2 Å². The van der Waals surface area contributed by atoms with Crippen molar-refractivity contribution in [3.8, 4) is 11.8 Å². The Morgan fingerprint density at radius 1 is 1.32 bits per heavy atom. The van der Waals surface area contributed by atoms with Crippen molar-refractivity contribution in [2.45, 2.75) is 6.04 Å². The summed E-state index contributed by atoms with van der Waals surface area (Å²) in [5, 5.41) is 24.7. The highest BCUT2D eigenvalue weighted by Crippen LogP contribution is 2.38. The van der Waals surface area contributed by atoms with Gasteiger partial charge in [-0.1, -0.05) is 12.1 Å². The maximum absolute atomic E-state index is 13.7. The number of piperazine rings is 1. The Kier molecular flexibility index (Phi) is 4.39. The quantitative estimate of drug-likeness (QED) is 0.913. The van der Waals surface area contributed by atoms with E-state index in [9.17, 15) is 9.50 Å². The molecule has 2 heterocycles. The molecule has 0 spiro atoms. The Morgan fingerprint density at radius 2 is 2.09 bits per heavy atom. The molecule has 0 aliphatic carbocycles. The van der Waals surface area contributed by atoms with Crippen molar-refractivity contribution in [1.29, 1.82) is 5.26 Å². The molecule has 3 rings (SSSR count). The van der Waals surface area contributed by atoms with Crippen molar-refractivity contribution in [3.05, 3.63) is 51.5 Å². The number of benzene rings is 1. The summed E-state index contributed by atoms with van der Waals surface area (Å²) in [5.41, 5.74) is 0.302. The summed E-state index contributed by atoms with van der Waals surface area (Å²) in [6, 6.07) is 8.40. The first kappa shape index (κ1) is 15.0. The maximum atomic E-state index is 13.7. The fourth-order valence-electron chi connectivity index (χ4n) is 2.83. The zero-order valence-corrected chi connectivity index (χ0v) is 12.7. The standard InChI is InChI=1S/C16H16FN3OS/c17-13-4-3-11(16(21)12(13)10-18)15(14-2-1-9-22-14)20-7-5-19-6-8-20/h1-4,9,15,19,21H,5-8H2/t15-/m1/s1. The van der Waals surface area contributed by atoms with E-state index in [-0.39, 0.29) is 17.4 Å². The number of phenolic OH excluding ortho intramolecular Hbond substituents is 1. The highest BCUT2D eigenvalue weighted by atomic mass is 32.1. The lowest BCUT2D eigenvalue weighted by atomic mass is 9.98. The van der Waals surface area contributed by atoms with E-state index in [0.717, 1.165) is 31.1 Å². The molecule has 1 aromatic heterocycles. The average Bonchev–Trinajstić information content (AvgIpc) is 3.05. The molecule has 1 aliphatic heterocycles. The van der Waals surface area contributed by atoms with Crippen molar-refractivity contribution in [3.63, 3.8) is 0 Å². The largest absolute Gasteiger partial charge is 0.506 e. The van der Waals surface area contributed by atoms with E-state index in [1.807, 2.05) is 17.5 Å². The summed E-state index contributed by atoms with van der Waals surface area (Å²) in [6.45, 7) is 3.41. The number of rotatable bonds is 3. The lowest BCUT2D eigenvalue weighted by molar-refractivity contribution is 0.198. The fourth-order valence-corrected chi connectivity index (χ4v) is 3.70. The monoisotopic (exact) mass is 317 g/mol. The van der Waals surface area contributed by atoms with Crippen molar-refractivity contribution >= 4 is 11.3 Å². The van der Waals surface area contributed by atoms with Crippen LogP contribution in [0, 0.1) is 17.1 Å². The molecule has 1 fully saturated rings. The Labute approximate surface area is 132 Å². The van der Waals surface area contributed by atoms with Gasteiger partial charge in [0.1, 0.15) is 23.2 Å². The normalized spacial score (nSPS) is 17.1. The van der Waals surface area contributed by atoms with Crippen molar-refractivity contribution in [1.82, 2.24) is 10.2 Å². The van der Waals surface area contributed by atoms with E-state index >= 15 is 0 Å². The minimum Gasteiger partial charge on any atom is -0.506 e. The number of aromatic hydroxyl groups is 1. The number of nitrogens with one attached hydrogen (secondary N) is 1. The number of nitrogens with zero attached hydrogens (tertiary/aromatic N) is 2. The van der Waals surface area contributed by atoms with Gasteiger partial charge in [-0.05, 0) is 17.5 Å². The van der Waals surface area contributed by atoms with E-state index in [0.29, 0.717) is 5.56 Å². The van der Waals surface area contributed by atoms with Crippen LogP contribution >= 0.6 is 11.3 Å². The molecular weight excluding hydrogens is 301 g/mol. The third-order valence-electron chi connectivity index (χ3n) is 3.89. The SMILES string of the molecule is N#Cc1c(F)ccc([C@H](c2cccs2)N2CCNCC2)c1O. The maximum Gasteiger partial charge on any atom is 0.144 e. The number of hydrogen-bond acceptors (Lipinski definition) is 5. The summed E-state index contributed by atoms with van der Waals surface area (Å²) >= 11 is 1.60. The van der Waals surface area contributed by atoms with Gasteiger partial charge in [-0.25, -0.2) is 4.39 Å². The summed E-state index contributed by atoms with van der Waals surface area (Å²) in [7, 11) is 0. The van der Waals surface area contributed by atoms with Gasteiger partial charge in [-0.2, -0.15) is 5.26 Å². The van der Waals surface area contributed by atoms with Gasteiger partial charge in [0.05, 0.1) is 6.04 Å². The summed E-state index contributed by atoms with van der Waals surface area (Å²) in [4.78, 5) is 3.32. The van der Waals surface area contributed by atoms with Crippen LogP contribution in [-0.4, -0.2) is 36.2 Å². The van der Waals surface area contributed by atoms with E-state index < -0.39 is 5.82 Å². The molecule has 2 N–H and O–H groups in total. The molecule has 0 saturated carbocycles. The smallest absolute Gasteiger partial charge is 0.144 e. The predicted octanol–water partition coefficient (Wildman–Crippen LogP) is 2.46. The zero-order chi connectivity index (χ0) is 15.5. The molecule has 114 valence electrons. The molecule has 2 aromatic rings. The Morgan fingerprint density at radius 3 is 2.73 bits per heavy atom. The van der Waals surface area contributed by atoms with Crippen LogP contribution in [0.2, 0.25) is 0 Å². The van der Waals surface area contributed by atoms with E-state index in [1.54, 1.807) is 23.5 Å². The Bertz CT molecular complexity index is 690. The topological polar surface area (TPSA) is 59.3 Å². The van der Waals surface area contributed by atoms with E-state index in [2.05, 4.69) is 10.2 Å². The molecule has 6 heteroatoms. The van der Waals surface area contributed by atoms with E-state index in [4.69, 9.17) is 5.26 Å². The van der Waals surface area contributed by atoms with Crippen molar-refractivity contribution in [2.24, 2.45) is 0 Å². The number of halogens is 1. The molecule has 0 radical (unpaired) electrons. The van der Waals surface area contributed by atoms with Crippen LogP contribution in [0.25, 0.3) is 0 Å². The molecule has 1 atom stereocenters. The average molecular weight is 317 g/mol. The lowest BCUT2D eigenvalue weighted by Gasteiger charge is -2.35. The molecule has 1 aliphatic rings. The second kappa shape index (κ2) is 6.44. The van der Waals surface area contributed by atoms with Crippen LogP contribution in [-0.2, 0) is 0 Å². The van der Waals surface area contributed by atoms with Gasteiger partial charge in [0.15, 0.2) is 0 Å². The first-order valence-corrected chi connectivity index (χ1v) is 8.00. The van der Waals surface area contributed by atoms with Gasteiger partial charge in [0.25, 0.3) is 0 Å². The minimum absolute atomic E-state index is 0.158. The molecule has 1 saturated heterocycles. The van der Waals surface area contributed by atoms with Crippen LogP contribution in [0.1, 0.15) is 22.0 Å². The van der Waals surface area contributed by atoms with Gasteiger partial charge in [0, 0.05) is 36.6 Å². The van der Waals surface area contributed by atoms with Gasteiger partial charge < -0.3 is 10.4 Å². The third kappa shape index (κ3) is 2.71. The number of nitriles is 1. The Hall–Kier alpha value is -1.94. The molecule has 0 unspecified atom stereocenters. The molecule has 1 aromatic carbocycles. The zero-order valence-electron chi connectivity index (χ0n) is 11.9. The molecule has 22 heavy (non-hydrogen) atoms. The third-order valence-corrected chi connectivity index (χ3v) is 4.82. The number of thiophene rings is 1. The summed E-state index contributed by atoms with van der Waals surface area (Å²) in [6.07, 6.45) is 0. The fraction of sp³-hybridized carbons (Fsp3) is 0.312. The van der Waals surface area contributed by atoms with Gasteiger partial charge in [-0.15, -0.1) is 11.3 Å². The summed E-state index contributed by atoms with van der Waals surface area (Å²) < 4.78 is 13.7. The van der Waals surface area contributed by atoms with Gasteiger partial charge in [-0.3, -0.25) is 4.90 Å². The van der Waals surface area contributed by atoms with Gasteiger partial charge >= 0.3 is 0 Å². The first-order valence-electron chi connectivity index (χ1n) is 7.12.